The van der Waals surface area contributed by atoms with Crippen molar-refractivity contribution in [2.75, 3.05) is 32.8 Å². The van der Waals surface area contributed by atoms with Gasteiger partial charge in [-0.1, -0.05) is 36.7 Å². The monoisotopic (exact) mass is 627 g/mol. The lowest BCUT2D eigenvalue weighted by atomic mass is 9.97. The van der Waals surface area contributed by atoms with Gasteiger partial charge in [-0.3, -0.25) is 4.79 Å². The van der Waals surface area contributed by atoms with Gasteiger partial charge in [0, 0.05) is 33.9 Å². The van der Waals surface area contributed by atoms with E-state index >= 15 is 0 Å². The van der Waals surface area contributed by atoms with Crippen molar-refractivity contribution in [2.24, 2.45) is 0 Å². The van der Waals surface area contributed by atoms with E-state index in [-0.39, 0.29) is 15.8 Å². The summed E-state index contributed by atoms with van der Waals surface area (Å²) in [6.45, 7) is 13.8. The summed E-state index contributed by atoms with van der Waals surface area (Å²) in [6, 6.07) is 7.90. The number of carbonyl (C=O) groups is 1. The Morgan fingerprint density at radius 1 is 0.975 bits per heavy atom. The number of anilines is 1. The van der Waals surface area contributed by atoms with Gasteiger partial charge in [0.1, 0.15) is 11.4 Å². The van der Waals surface area contributed by atoms with E-state index in [1.165, 1.54) is 0 Å². The van der Waals surface area contributed by atoms with Gasteiger partial charge in [0.25, 0.3) is 14.2 Å². The molecule has 0 spiro atoms. The van der Waals surface area contributed by atoms with E-state index in [4.69, 9.17) is 18.6 Å². The molecule has 0 aliphatic carbocycles. The molecular weight excluding hydrogens is 590 g/mol. The molecule has 2 N–H and O–H groups in total. The molecule has 0 saturated heterocycles. The summed E-state index contributed by atoms with van der Waals surface area (Å²) < 4.78 is 23.6. The van der Waals surface area contributed by atoms with Gasteiger partial charge in [-0.05, 0) is 55.2 Å². The minimum atomic E-state index is -2.15. The molecular formula is C30H38BrN3O5Si. The molecule has 1 aliphatic rings. The maximum Gasteiger partial charge on any atom is 0.274 e. The van der Waals surface area contributed by atoms with Crippen molar-refractivity contribution in [1.82, 2.24) is 9.97 Å². The molecule has 8 nitrogen and oxygen atoms in total. The Kier molecular flexibility index (Phi) is 7.15. The van der Waals surface area contributed by atoms with E-state index in [0.717, 1.165) is 45.4 Å². The van der Waals surface area contributed by atoms with Gasteiger partial charge in [0.15, 0.2) is 11.5 Å². The largest absolute Gasteiger partial charge is 0.542 e. The zero-order valence-corrected chi connectivity index (χ0v) is 27.3. The molecule has 1 aliphatic heterocycles. The van der Waals surface area contributed by atoms with Crippen molar-refractivity contribution >= 4 is 57.6 Å². The molecule has 40 heavy (non-hydrogen) atoms. The normalized spacial score (nSPS) is 15.8. The first-order valence-corrected chi connectivity index (χ1v) is 17.2. The molecule has 0 bridgehead atoms. The van der Waals surface area contributed by atoms with Crippen molar-refractivity contribution in [3.8, 4) is 23.0 Å². The van der Waals surface area contributed by atoms with Crippen molar-refractivity contribution in [2.45, 2.75) is 57.1 Å². The second-order valence-corrected chi connectivity index (χ2v) is 18.0. The second kappa shape index (κ2) is 10.1. The smallest absolute Gasteiger partial charge is 0.274 e. The summed E-state index contributed by atoms with van der Waals surface area (Å²) in [5.74, 6) is 2.16. The summed E-state index contributed by atoms with van der Waals surface area (Å²) in [6.07, 6.45) is 0.808. The van der Waals surface area contributed by atoms with Gasteiger partial charge in [0.2, 0.25) is 5.75 Å². The number of amides is 1. The number of hydrogen-bond donors (Lipinski definition) is 2. The van der Waals surface area contributed by atoms with Crippen LogP contribution in [0.5, 0.6) is 23.0 Å². The lowest BCUT2D eigenvalue weighted by Gasteiger charge is -2.38. The van der Waals surface area contributed by atoms with Crippen LogP contribution in [-0.2, 0) is 6.42 Å². The molecule has 1 atom stereocenters. The summed E-state index contributed by atoms with van der Waals surface area (Å²) in [5.41, 5.74) is 5.18. The maximum atomic E-state index is 14.2. The number of nitrogens with one attached hydrogen (secondary N) is 2. The number of ether oxygens (including phenoxy) is 3. The average Bonchev–Trinajstić information content (AvgIpc) is 3.49. The van der Waals surface area contributed by atoms with E-state index in [2.05, 4.69) is 78.8 Å². The fraction of sp³-hybridized carbons (Fsp3) is 0.433. The number of H-pyrrole nitrogens is 2. The molecule has 0 fully saturated rings. The van der Waals surface area contributed by atoms with Crippen LogP contribution >= 0.6 is 15.9 Å². The van der Waals surface area contributed by atoms with Crippen LogP contribution in [0.3, 0.4) is 0 Å². The van der Waals surface area contributed by atoms with Gasteiger partial charge in [-0.2, -0.15) is 0 Å². The highest BCUT2D eigenvalue weighted by Gasteiger charge is 2.40. The first-order chi connectivity index (χ1) is 18.8. The number of fused-ring (bicyclic) bond motifs is 4. The molecule has 0 saturated carbocycles. The van der Waals surface area contributed by atoms with E-state index in [1.54, 1.807) is 21.3 Å². The number of hydrogen-bond acceptors (Lipinski definition) is 5. The van der Waals surface area contributed by atoms with Crippen molar-refractivity contribution < 1.29 is 23.4 Å². The Bertz CT molecular complexity index is 1620. The highest BCUT2D eigenvalue weighted by atomic mass is 79.9. The number of nitrogens with zero attached hydrogens (tertiary/aromatic N) is 1. The molecule has 0 radical (unpaired) electrons. The Balaban J connectivity index is 1.66. The summed E-state index contributed by atoms with van der Waals surface area (Å²) in [4.78, 5) is 23.0. The van der Waals surface area contributed by atoms with Crippen LogP contribution in [0.2, 0.25) is 18.1 Å². The van der Waals surface area contributed by atoms with Crippen molar-refractivity contribution in [3.63, 3.8) is 0 Å². The first-order valence-electron chi connectivity index (χ1n) is 13.4. The molecule has 214 valence electrons. The Morgan fingerprint density at radius 3 is 2.30 bits per heavy atom. The van der Waals surface area contributed by atoms with E-state index in [9.17, 15) is 4.79 Å². The predicted octanol–water partition coefficient (Wildman–Crippen LogP) is 7.33. The van der Waals surface area contributed by atoms with Crippen LogP contribution < -0.4 is 23.5 Å². The number of benzene rings is 2. The Morgan fingerprint density at radius 2 is 1.68 bits per heavy atom. The topological polar surface area (TPSA) is 88.8 Å². The predicted molar refractivity (Wildman–Crippen MR) is 167 cm³/mol. The minimum Gasteiger partial charge on any atom is -0.542 e. The molecule has 2 aromatic heterocycles. The molecule has 3 heterocycles. The van der Waals surface area contributed by atoms with Crippen molar-refractivity contribution in [3.05, 3.63) is 41.2 Å². The minimum absolute atomic E-state index is 0.0266. The number of halogens is 1. The van der Waals surface area contributed by atoms with Crippen LogP contribution in [0.1, 0.15) is 42.5 Å². The standard InChI is InChI=1S/C30H38BrN3O5Si/c1-16-10-20-19-13-18(31)15-34(22(19)14-23(26(20)32-16)39-40(8,9)30(2,3)4)29(35)21-11-17-12-24(36-5)27(37-6)28(38-7)25(17)33-21/h10-12,14,18,32-33H,13,15H2,1-9H3. The van der Waals surface area contributed by atoms with Gasteiger partial charge < -0.3 is 33.5 Å². The van der Waals surface area contributed by atoms with Gasteiger partial charge in [0.05, 0.1) is 38.1 Å². The molecule has 1 unspecified atom stereocenters. The average molecular weight is 629 g/mol. The van der Waals surface area contributed by atoms with Gasteiger partial charge in [-0.25, -0.2) is 0 Å². The lowest BCUT2D eigenvalue weighted by Crippen LogP contribution is -2.44. The highest BCUT2D eigenvalue weighted by Crippen LogP contribution is 2.46. The van der Waals surface area contributed by atoms with Gasteiger partial charge in [-0.15, -0.1) is 0 Å². The zero-order chi connectivity index (χ0) is 29.1. The number of carbonyl (C=O) groups excluding carboxylic acids is 1. The van der Waals surface area contributed by atoms with Gasteiger partial charge >= 0.3 is 0 Å². The number of methoxy groups -OCH3 is 3. The molecule has 5 rings (SSSR count). The number of aromatic amines is 2. The Hall–Kier alpha value is -3.11. The number of rotatable bonds is 6. The van der Waals surface area contributed by atoms with E-state index in [1.807, 2.05) is 17.0 Å². The SMILES string of the molecule is COc1cc2cc(C(=O)N3CC(Br)Cc4c3cc(O[Si](C)(C)C(C)(C)C)c3[nH]c(C)cc43)[nH]c2c(OC)c1OC. The zero-order valence-electron chi connectivity index (χ0n) is 24.7. The number of aryl methyl sites for hydroxylation is 1. The summed E-state index contributed by atoms with van der Waals surface area (Å²) in [7, 11) is 2.56. The third-order valence-corrected chi connectivity index (χ3v) is 13.2. The molecule has 1 amide bonds. The van der Waals surface area contributed by atoms with E-state index < -0.39 is 8.32 Å². The molecule has 4 aromatic rings. The van der Waals surface area contributed by atoms with E-state index in [0.29, 0.717) is 35.0 Å². The second-order valence-electron chi connectivity index (χ2n) is 12.0. The van der Waals surface area contributed by atoms with Crippen LogP contribution in [0.4, 0.5) is 5.69 Å². The first kappa shape index (κ1) is 28.4. The summed E-state index contributed by atoms with van der Waals surface area (Å²) in [5, 5.41) is 1.92. The lowest BCUT2D eigenvalue weighted by molar-refractivity contribution is 0.0981. The fourth-order valence-corrected chi connectivity index (χ4v) is 6.82. The molecule has 10 heteroatoms. The number of alkyl halides is 1. The van der Waals surface area contributed by atoms with Crippen molar-refractivity contribution in [1.29, 1.82) is 0 Å². The van der Waals surface area contributed by atoms with Crippen LogP contribution in [0.15, 0.2) is 24.3 Å². The highest BCUT2D eigenvalue weighted by molar-refractivity contribution is 9.09. The van der Waals surface area contributed by atoms with Crippen LogP contribution in [0.25, 0.3) is 21.8 Å². The maximum absolute atomic E-state index is 14.2. The molecule has 2 aromatic carbocycles. The summed E-state index contributed by atoms with van der Waals surface area (Å²) >= 11 is 3.83. The number of aromatic nitrogens is 2. The quantitative estimate of drug-likeness (QED) is 0.172. The van der Waals surface area contributed by atoms with Crippen LogP contribution in [0, 0.1) is 6.92 Å². The Labute approximate surface area is 244 Å². The fourth-order valence-electron chi connectivity index (χ4n) is 5.19. The third kappa shape index (κ3) is 4.64. The van der Waals surface area contributed by atoms with Crippen LogP contribution in [-0.4, -0.2) is 56.9 Å². The third-order valence-electron chi connectivity index (χ3n) is 8.26.